The maximum absolute atomic E-state index is 12.7. The summed E-state index contributed by atoms with van der Waals surface area (Å²) in [6, 6.07) is 1.74. The normalized spacial score (nSPS) is 15.1. The van der Waals surface area contributed by atoms with Gasteiger partial charge in [0.1, 0.15) is 0 Å². The Hall–Kier alpha value is -2.25. The van der Waals surface area contributed by atoms with Crippen molar-refractivity contribution in [2.24, 2.45) is 0 Å². The minimum Gasteiger partial charge on any atom is -0.478 e. The van der Waals surface area contributed by atoms with E-state index >= 15 is 0 Å². The fourth-order valence-electron chi connectivity index (χ4n) is 2.11. The van der Waals surface area contributed by atoms with Gasteiger partial charge in [0, 0.05) is 18.8 Å². The first-order chi connectivity index (χ1) is 9.77. The molecule has 0 aliphatic carbocycles. The summed E-state index contributed by atoms with van der Waals surface area (Å²) in [6.45, 7) is 1.08. The maximum Gasteiger partial charge on any atom is 0.416 e. The number of aromatic carboxylic acids is 1. The lowest BCUT2D eigenvalue weighted by Crippen LogP contribution is -2.32. The Bertz CT molecular complexity index is 566. The van der Waals surface area contributed by atoms with Crippen LogP contribution in [0.2, 0.25) is 0 Å². The van der Waals surface area contributed by atoms with Crippen molar-refractivity contribution >= 4 is 17.7 Å². The Morgan fingerprint density at radius 1 is 1.14 bits per heavy atom. The molecule has 1 aliphatic rings. The molecule has 2 amide bonds. The number of carbonyl (C=O) groups is 2. The molecule has 1 aliphatic heterocycles. The highest BCUT2D eigenvalue weighted by molar-refractivity contribution is 5.93. The second-order valence-electron chi connectivity index (χ2n) is 4.73. The van der Waals surface area contributed by atoms with Gasteiger partial charge >= 0.3 is 18.2 Å². The quantitative estimate of drug-likeness (QED) is 0.882. The Morgan fingerprint density at radius 3 is 2.29 bits per heavy atom. The van der Waals surface area contributed by atoms with Crippen molar-refractivity contribution in [3.63, 3.8) is 0 Å². The molecular formula is C13H13F3N2O3. The first kappa shape index (κ1) is 15.1. The summed E-state index contributed by atoms with van der Waals surface area (Å²) in [5.41, 5.74) is -1.82. The van der Waals surface area contributed by atoms with Crippen LogP contribution in [0.4, 0.5) is 23.7 Å². The highest BCUT2D eigenvalue weighted by Crippen LogP contribution is 2.32. The molecule has 0 spiro atoms. The monoisotopic (exact) mass is 302 g/mol. The van der Waals surface area contributed by atoms with E-state index in [0.717, 1.165) is 25.0 Å². The first-order valence-corrected chi connectivity index (χ1v) is 6.29. The van der Waals surface area contributed by atoms with Gasteiger partial charge in [0.15, 0.2) is 0 Å². The van der Waals surface area contributed by atoms with E-state index in [2.05, 4.69) is 5.32 Å². The van der Waals surface area contributed by atoms with Gasteiger partial charge in [0.05, 0.1) is 11.1 Å². The van der Waals surface area contributed by atoms with Crippen LogP contribution in [0.15, 0.2) is 18.2 Å². The number of amides is 2. The highest BCUT2D eigenvalue weighted by Gasteiger charge is 2.32. The van der Waals surface area contributed by atoms with Crippen molar-refractivity contribution in [3.8, 4) is 0 Å². The van der Waals surface area contributed by atoms with Gasteiger partial charge in [0.2, 0.25) is 0 Å². The van der Waals surface area contributed by atoms with Crippen LogP contribution in [-0.2, 0) is 6.18 Å². The zero-order chi connectivity index (χ0) is 15.6. The van der Waals surface area contributed by atoms with E-state index in [1.54, 1.807) is 0 Å². The van der Waals surface area contributed by atoms with Gasteiger partial charge in [-0.1, -0.05) is 0 Å². The zero-order valence-electron chi connectivity index (χ0n) is 10.9. The number of hydrogen-bond donors (Lipinski definition) is 2. The summed E-state index contributed by atoms with van der Waals surface area (Å²) in [7, 11) is 0. The number of nitrogens with zero attached hydrogens (tertiary/aromatic N) is 1. The van der Waals surface area contributed by atoms with Gasteiger partial charge in [-0.25, -0.2) is 9.59 Å². The molecule has 5 nitrogen and oxygen atoms in total. The van der Waals surface area contributed by atoms with Crippen molar-refractivity contribution in [1.29, 1.82) is 0 Å². The van der Waals surface area contributed by atoms with E-state index in [1.165, 1.54) is 4.90 Å². The predicted molar refractivity (Wildman–Crippen MR) is 68.2 cm³/mol. The molecule has 1 fully saturated rings. The molecule has 0 atom stereocenters. The lowest BCUT2D eigenvalue weighted by atomic mass is 10.1. The summed E-state index contributed by atoms with van der Waals surface area (Å²) in [5.74, 6) is -1.49. The highest BCUT2D eigenvalue weighted by atomic mass is 19.4. The van der Waals surface area contributed by atoms with Crippen LogP contribution in [0.1, 0.15) is 28.8 Å². The van der Waals surface area contributed by atoms with Crippen LogP contribution >= 0.6 is 0 Å². The molecule has 1 heterocycles. The lowest BCUT2D eigenvalue weighted by molar-refractivity contribution is -0.137. The third kappa shape index (κ3) is 3.65. The molecule has 2 N–H and O–H groups in total. The van der Waals surface area contributed by atoms with E-state index in [4.69, 9.17) is 5.11 Å². The van der Waals surface area contributed by atoms with Crippen molar-refractivity contribution in [3.05, 3.63) is 29.3 Å². The Balaban J connectivity index is 2.27. The number of likely N-dealkylation sites (tertiary alicyclic amines) is 1. The van der Waals surface area contributed by atoms with Crippen LogP contribution in [0.25, 0.3) is 0 Å². The average Bonchev–Trinajstić information content (AvgIpc) is 2.91. The fraction of sp³-hybridized carbons (Fsp3) is 0.385. The number of carboxylic acid groups (broad SMARTS) is 1. The number of anilines is 1. The summed E-state index contributed by atoms with van der Waals surface area (Å²) in [6.07, 6.45) is -2.99. The number of rotatable bonds is 2. The second kappa shape index (κ2) is 5.63. The van der Waals surface area contributed by atoms with Crippen LogP contribution in [0, 0.1) is 0 Å². The van der Waals surface area contributed by atoms with Crippen LogP contribution in [-0.4, -0.2) is 35.1 Å². The van der Waals surface area contributed by atoms with Gasteiger partial charge in [-0.3, -0.25) is 0 Å². The van der Waals surface area contributed by atoms with Gasteiger partial charge in [0.25, 0.3) is 0 Å². The van der Waals surface area contributed by atoms with Crippen LogP contribution in [0.5, 0.6) is 0 Å². The number of carbonyl (C=O) groups excluding carboxylic acids is 1. The SMILES string of the molecule is O=C(O)c1cc(NC(=O)N2CCCC2)cc(C(F)(F)F)c1. The number of nitrogens with one attached hydrogen (secondary N) is 1. The fourth-order valence-corrected chi connectivity index (χ4v) is 2.11. The number of halogens is 3. The lowest BCUT2D eigenvalue weighted by Gasteiger charge is -2.17. The molecule has 1 aromatic rings. The Kier molecular flexibility index (Phi) is 4.06. The number of alkyl halides is 3. The molecule has 2 rings (SSSR count). The smallest absolute Gasteiger partial charge is 0.416 e. The van der Waals surface area contributed by atoms with Gasteiger partial charge in [-0.05, 0) is 31.0 Å². The molecule has 1 aromatic carbocycles. The molecular weight excluding hydrogens is 289 g/mol. The third-order valence-corrected chi connectivity index (χ3v) is 3.15. The molecule has 1 saturated heterocycles. The minimum absolute atomic E-state index is 0.181. The van der Waals surface area contributed by atoms with E-state index in [9.17, 15) is 22.8 Å². The number of urea groups is 1. The largest absolute Gasteiger partial charge is 0.478 e. The molecule has 0 radical (unpaired) electrons. The minimum atomic E-state index is -4.68. The van der Waals surface area contributed by atoms with Gasteiger partial charge < -0.3 is 15.3 Å². The van der Waals surface area contributed by atoms with E-state index < -0.39 is 29.3 Å². The molecule has 21 heavy (non-hydrogen) atoms. The third-order valence-electron chi connectivity index (χ3n) is 3.15. The predicted octanol–water partition coefficient (Wildman–Crippen LogP) is 3.03. The second-order valence-corrected chi connectivity index (χ2v) is 4.73. The summed E-state index contributed by atoms with van der Waals surface area (Å²) < 4.78 is 38.2. The Morgan fingerprint density at radius 2 is 1.76 bits per heavy atom. The van der Waals surface area contributed by atoms with E-state index in [-0.39, 0.29) is 5.69 Å². The Labute approximate surface area is 118 Å². The van der Waals surface area contributed by atoms with Crippen molar-refractivity contribution < 1.29 is 27.9 Å². The maximum atomic E-state index is 12.7. The number of hydrogen-bond acceptors (Lipinski definition) is 2. The van der Waals surface area contributed by atoms with Crippen LogP contribution < -0.4 is 5.32 Å². The first-order valence-electron chi connectivity index (χ1n) is 6.29. The number of benzene rings is 1. The van der Waals surface area contributed by atoms with Gasteiger partial charge in [-0.15, -0.1) is 0 Å². The zero-order valence-corrected chi connectivity index (χ0v) is 10.9. The summed E-state index contributed by atoms with van der Waals surface area (Å²) in [4.78, 5) is 24.2. The number of carboxylic acids is 1. The summed E-state index contributed by atoms with van der Waals surface area (Å²) in [5, 5.41) is 11.2. The summed E-state index contributed by atoms with van der Waals surface area (Å²) >= 11 is 0. The molecule has 0 unspecified atom stereocenters. The average molecular weight is 302 g/mol. The van der Waals surface area contributed by atoms with E-state index in [0.29, 0.717) is 19.2 Å². The van der Waals surface area contributed by atoms with Crippen molar-refractivity contribution in [2.75, 3.05) is 18.4 Å². The molecule has 0 aromatic heterocycles. The van der Waals surface area contributed by atoms with E-state index in [1.807, 2.05) is 0 Å². The molecule has 0 bridgehead atoms. The molecule has 8 heteroatoms. The van der Waals surface area contributed by atoms with Gasteiger partial charge in [-0.2, -0.15) is 13.2 Å². The van der Waals surface area contributed by atoms with Crippen molar-refractivity contribution in [1.82, 2.24) is 4.90 Å². The van der Waals surface area contributed by atoms with Crippen LogP contribution in [0.3, 0.4) is 0 Å². The molecule has 114 valence electrons. The molecule has 0 saturated carbocycles. The van der Waals surface area contributed by atoms with Crippen molar-refractivity contribution in [2.45, 2.75) is 19.0 Å². The topological polar surface area (TPSA) is 69.6 Å². The standard InChI is InChI=1S/C13H13F3N2O3/c14-13(15,16)9-5-8(11(19)20)6-10(7-9)17-12(21)18-3-1-2-4-18/h5-7H,1-4H2,(H,17,21)(H,19,20).